The number of carbonyl (C=O) groups is 1. The van der Waals surface area contributed by atoms with E-state index in [1.165, 1.54) is 0 Å². The Bertz CT molecular complexity index is 1470. The summed E-state index contributed by atoms with van der Waals surface area (Å²) >= 11 is 0. The summed E-state index contributed by atoms with van der Waals surface area (Å²) < 4.78 is 48.4. The summed E-state index contributed by atoms with van der Waals surface area (Å²) in [6.45, 7) is 28.8. The minimum Gasteiger partial charge on any atom is -0.416 e. The van der Waals surface area contributed by atoms with Crippen LogP contribution in [-0.2, 0) is 28.2 Å². The Hall–Kier alpha value is -1.36. The molecule has 2 bridgehead atoms. The van der Waals surface area contributed by atoms with Crippen molar-refractivity contribution in [1.82, 2.24) is 0 Å². The average Bonchev–Trinajstić information content (AvgIpc) is 3.23. The molecule has 3 fully saturated rings. The van der Waals surface area contributed by atoms with Crippen molar-refractivity contribution in [2.24, 2.45) is 28.6 Å². The first kappa shape index (κ1) is 38.4. The number of ketones is 1. The van der Waals surface area contributed by atoms with Crippen molar-refractivity contribution in [2.75, 3.05) is 12.4 Å². The number of nitrogens with zero attached hydrogens (tertiary/aromatic N) is 1. The van der Waals surface area contributed by atoms with Crippen LogP contribution in [0.5, 0.6) is 0 Å². The molecular weight excluding hydrogens is 643 g/mol. The third-order valence-corrected chi connectivity index (χ3v) is 24.0. The normalized spacial score (nSPS) is 33.2. The number of fused-ring (bicyclic) bond motifs is 1. The number of carbonyl (C=O) groups excluding carboxylic acids is 1. The standard InChI is InChI=1S/C37H61NO6SSi2/c1-33(2,3)46(10,11)42-25-26-19-20-31(44-47(12,13)34(4,5)6)36(9)23-30-29(24-38)35(7,8)28(32(39)37(26,36)43-30)21-22-45(40,41)27-17-15-14-16-18-27/h14-18,26,28-31H,19-23,25H2,1-13H3/t26-,28+,29-,30-,31+,36-,37-/m1/s1. The molecule has 2 aliphatic heterocycles. The lowest BCUT2D eigenvalue weighted by molar-refractivity contribution is -0.193. The number of sulfone groups is 1. The highest BCUT2D eigenvalue weighted by molar-refractivity contribution is 7.91. The quantitative estimate of drug-likeness (QED) is 0.238. The van der Waals surface area contributed by atoms with Crippen molar-refractivity contribution >= 4 is 32.3 Å². The average molecular weight is 704 g/mol. The van der Waals surface area contributed by atoms with Gasteiger partial charge < -0.3 is 13.6 Å². The summed E-state index contributed by atoms with van der Waals surface area (Å²) in [5, 5.41) is 10.7. The number of benzene rings is 1. The van der Waals surface area contributed by atoms with Crippen molar-refractivity contribution in [3.8, 4) is 6.07 Å². The van der Waals surface area contributed by atoms with Crippen LogP contribution in [0.4, 0.5) is 0 Å². The molecule has 264 valence electrons. The molecule has 10 heteroatoms. The van der Waals surface area contributed by atoms with E-state index in [1.807, 2.05) is 13.8 Å². The van der Waals surface area contributed by atoms with E-state index >= 15 is 4.79 Å². The Morgan fingerprint density at radius 2 is 1.53 bits per heavy atom. The van der Waals surface area contributed by atoms with E-state index in [-0.39, 0.29) is 45.0 Å². The first-order valence-electron chi connectivity index (χ1n) is 17.5. The highest BCUT2D eigenvalue weighted by Crippen LogP contribution is 2.66. The lowest BCUT2D eigenvalue weighted by atomic mass is 9.50. The van der Waals surface area contributed by atoms with Gasteiger partial charge >= 0.3 is 0 Å². The molecule has 47 heavy (non-hydrogen) atoms. The second kappa shape index (κ2) is 12.5. The van der Waals surface area contributed by atoms with Gasteiger partial charge in [0.25, 0.3) is 0 Å². The van der Waals surface area contributed by atoms with Gasteiger partial charge in [-0.25, -0.2) is 8.42 Å². The lowest BCUT2D eigenvalue weighted by Gasteiger charge is -2.57. The zero-order valence-electron chi connectivity index (χ0n) is 31.3. The molecule has 1 spiro atoms. The molecular formula is C37H61NO6SSi2. The molecule has 0 unspecified atom stereocenters. The van der Waals surface area contributed by atoms with Gasteiger partial charge in [0, 0.05) is 23.9 Å². The van der Waals surface area contributed by atoms with E-state index in [4.69, 9.17) is 13.6 Å². The molecule has 2 saturated heterocycles. The third-order valence-electron chi connectivity index (χ3n) is 13.2. The van der Waals surface area contributed by atoms with Gasteiger partial charge in [-0.05, 0) is 79.5 Å². The molecule has 7 atom stereocenters. The summed E-state index contributed by atoms with van der Waals surface area (Å²) in [6, 6.07) is 11.0. The maximum absolute atomic E-state index is 15.6. The van der Waals surface area contributed by atoms with Gasteiger partial charge in [0.05, 0.1) is 34.8 Å². The molecule has 7 nitrogen and oxygen atoms in total. The first-order valence-corrected chi connectivity index (χ1v) is 25.0. The van der Waals surface area contributed by atoms with Gasteiger partial charge in [-0.15, -0.1) is 0 Å². The van der Waals surface area contributed by atoms with Crippen LogP contribution in [0.15, 0.2) is 35.2 Å². The Labute approximate surface area is 287 Å². The van der Waals surface area contributed by atoms with E-state index < -0.39 is 60.8 Å². The number of ether oxygens (including phenoxy) is 1. The summed E-state index contributed by atoms with van der Waals surface area (Å²) in [7, 11) is -8.10. The van der Waals surface area contributed by atoms with Crippen LogP contribution in [0.25, 0.3) is 0 Å². The van der Waals surface area contributed by atoms with Crippen molar-refractivity contribution < 1.29 is 26.8 Å². The van der Waals surface area contributed by atoms with E-state index in [1.54, 1.807) is 30.3 Å². The molecule has 1 aromatic carbocycles. The molecule has 4 rings (SSSR count). The predicted octanol–water partition coefficient (Wildman–Crippen LogP) is 8.57. The van der Waals surface area contributed by atoms with Crippen LogP contribution in [0.2, 0.25) is 36.3 Å². The summed E-state index contributed by atoms with van der Waals surface area (Å²) in [5.74, 6) is -1.77. The molecule has 1 aromatic rings. The van der Waals surface area contributed by atoms with Gasteiger partial charge in [-0.2, -0.15) is 5.26 Å². The Kier molecular flexibility index (Phi) is 10.2. The van der Waals surface area contributed by atoms with Gasteiger partial charge in [0.2, 0.25) is 0 Å². The second-order valence-electron chi connectivity index (χ2n) is 18.5. The SMILES string of the molecule is CC1(C)[C@H](C#N)[C@H]2C[C@]3(C)[C@@H](O[Si](C)(C)C(C)(C)C)CC[C@H](CO[Si](C)(C)C(C)(C)C)[C@@]3(O2)C(=O)[C@@H]1CCS(=O)(=O)c1ccccc1. The summed E-state index contributed by atoms with van der Waals surface area (Å²) in [6.07, 6.45) is 1.46. The maximum Gasteiger partial charge on any atom is 0.192 e. The largest absolute Gasteiger partial charge is 0.416 e. The number of hydrogen-bond donors (Lipinski definition) is 0. The van der Waals surface area contributed by atoms with Crippen molar-refractivity contribution in [3.63, 3.8) is 0 Å². The van der Waals surface area contributed by atoms with E-state index in [0.717, 1.165) is 6.42 Å². The van der Waals surface area contributed by atoms with Gasteiger partial charge in [0.15, 0.2) is 32.3 Å². The minimum atomic E-state index is -3.65. The second-order valence-corrected chi connectivity index (χ2v) is 30.2. The maximum atomic E-state index is 15.6. The van der Waals surface area contributed by atoms with E-state index in [9.17, 15) is 13.7 Å². The van der Waals surface area contributed by atoms with Crippen LogP contribution < -0.4 is 0 Å². The van der Waals surface area contributed by atoms with Crippen LogP contribution in [0.3, 0.4) is 0 Å². The monoisotopic (exact) mass is 703 g/mol. The number of hydrogen-bond acceptors (Lipinski definition) is 7. The highest BCUT2D eigenvalue weighted by Gasteiger charge is 2.74. The number of nitriles is 1. The molecule has 0 radical (unpaired) electrons. The molecule has 2 heterocycles. The molecule has 1 aliphatic carbocycles. The fraction of sp³-hybridized carbons (Fsp3) is 0.784. The Morgan fingerprint density at radius 1 is 0.957 bits per heavy atom. The first-order chi connectivity index (χ1) is 21.3. The van der Waals surface area contributed by atoms with Crippen LogP contribution in [-0.4, -0.2) is 61.0 Å². The lowest BCUT2D eigenvalue weighted by Crippen LogP contribution is -2.68. The van der Waals surface area contributed by atoms with Crippen LogP contribution in [0, 0.1) is 39.9 Å². The predicted molar refractivity (Wildman–Crippen MR) is 193 cm³/mol. The highest BCUT2D eigenvalue weighted by atomic mass is 32.2. The fourth-order valence-corrected chi connectivity index (χ4v) is 11.9. The van der Waals surface area contributed by atoms with E-state index in [0.29, 0.717) is 19.4 Å². The van der Waals surface area contributed by atoms with Crippen LogP contribution in [0.1, 0.15) is 88.0 Å². The van der Waals surface area contributed by atoms with Gasteiger partial charge in [-0.1, -0.05) is 80.5 Å². The molecule has 0 N–H and O–H groups in total. The molecule has 3 aliphatic rings. The minimum absolute atomic E-state index is 0.00856. The summed E-state index contributed by atoms with van der Waals surface area (Å²) in [5.41, 5.74) is -2.76. The van der Waals surface area contributed by atoms with Crippen molar-refractivity contribution in [2.45, 2.75) is 147 Å². The number of Topliss-reactive ketones (excluding diaryl/α,β-unsaturated/α-hetero) is 1. The fourth-order valence-electron chi connectivity index (χ4n) is 8.03. The molecule has 0 amide bonds. The zero-order chi connectivity index (χ0) is 35.6. The smallest absolute Gasteiger partial charge is 0.192 e. The zero-order valence-corrected chi connectivity index (χ0v) is 34.1. The van der Waals surface area contributed by atoms with Gasteiger partial charge in [0.1, 0.15) is 5.60 Å². The summed E-state index contributed by atoms with van der Waals surface area (Å²) in [4.78, 5) is 15.9. The van der Waals surface area contributed by atoms with Crippen molar-refractivity contribution in [3.05, 3.63) is 30.3 Å². The van der Waals surface area contributed by atoms with Crippen LogP contribution >= 0.6 is 0 Å². The van der Waals surface area contributed by atoms with Gasteiger partial charge in [-0.3, -0.25) is 4.79 Å². The Morgan fingerprint density at radius 3 is 2.06 bits per heavy atom. The Balaban J connectivity index is 1.85. The molecule has 0 aromatic heterocycles. The number of rotatable bonds is 9. The topological polar surface area (TPSA) is 103 Å². The van der Waals surface area contributed by atoms with Crippen molar-refractivity contribution in [1.29, 1.82) is 5.26 Å². The third kappa shape index (κ3) is 6.51. The molecule has 1 saturated carbocycles. The van der Waals surface area contributed by atoms with E-state index in [2.05, 4.69) is 80.7 Å².